The Bertz CT molecular complexity index is 1350. The maximum absolute atomic E-state index is 12.4. The van der Waals surface area contributed by atoms with Crippen LogP contribution in [0.2, 0.25) is 0 Å². The Morgan fingerprint density at radius 3 is 2.52 bits per heavy atom. The van der Waals surface area contributed by atoms with Gasteiger partial charge in [0.2, 0.25) is 5.88 Å². The zero-order chi connectivity index (χ0) is 22.6. The summed E-state index contributed by atoms with van der Waals surface area (Å²) < 4.78 is 38.6. The van der Waals surface area contributed by atoms with Gasteiger partial charge >= 0.3 is 6.61 Å². The maximum Gasteiger partial charge on any atom is 0.387 e. The minimum absolute atomic E-state index is 0.0549. The predicted molar refractivity (Wildman–Crippen MR) is 113 cm³/mol. The molecule has 0 amide bonds. The lowest BCUT2D eigenvalue weighted by Gasteiger charge is -2.09. The molecule has 0 aliphatic heterocycles. The van der Waals surface area contributed by atoms with Crippen LogP contribution in [0.1, 0.15) is 11.3 Å². The molecule has 5 rings (SSSR count). The molecule has 0 radical (unpaired) electrons. The van der Waals surface area contributed by atoms with Gasteiger partial charge in [0.25, 0.3) is 0 Å². The molecule has 11 heteroatoms. The second-order valence-corrected chi connectivity index (χ2v) is 7.05. The molecule has 0 bridgehead atoms. The predicted octanol–water partition coefficient (Wildman–Crippen LogP) is 3.61. The molecular formula is C22H17F2N7O2. The van der Waals surface area contributed by atoms with Crippen LogP contribution in [-0.4, -0.2) is 41.2 Å². The van der Waals surface area contributed by atoms with Gasteiger partial charge in [-0.05, 0) is 29.8 Å². The third kappa shape index (κ3) is 4.61. The van der Waals surface area contributed by atoms with Crippen LogP contribution < -0.4 is 9.47 Å². The molecular weight excluding hydrogens is 432 g/mol. The largest absolute Gasteiger partial charge is 0.471 e. The van der Waals surface area contributed by atoms with Crippen LogP contribution in [-0.2, 0) is 13.2 Å². The average Bonchev–Trinajstić information content (AvgIpc) is 3.46. The molecule has 3 aromatic heterocycles. The highest BCUT2D eigenvalue weighted by Gasteiger charge is 2.14. The number of alkyl halides is 2. The van der Waals surface area contributed by atoms with Crippen LogP contribution in [0.5, 0.6) is 11.6 Å². The fourth-order valence-electron chi connectivity index (χ4n) is 3.30. The Morgan fingerprint density at radius 2 is 1.73 bits per heavy atom. The Morgan fingerprint density at radius 1 is 0.909 bits per heavy atom. The van der Waals surface area contributed by atoms with E-state index in [-0.39, 0.29) is 12.4 Å². The van der Waals surface area contributed by atoms with Crippen molar-refractivity contribution in [3.8, 4) is 23.0 Å². The van der Waals surface area contributed by atoms with Crippen molar-refractivity contribution in [2.24, 2.45) is 0 Å². The van der Waals surface area contributed by atoms with E-state index in [4.69, 9.17) is 4.74 Å². The van der Waals surface area contributed by atoms with Gasteiger partial charge in [-0.1, -0.05) is 35.5 Å². The van der Waals surface area contributed by atoms with Gasteiger partial charge in [-0.3, -0.25) is 4.98 Å². The second kappa shape index (κ2) is 8.99. The lowest BCUT2D eigenvalue weighted by molar-refractivity contribution is -0.0498. The molecule has 0 atom stereocenters. The van der Waals surface area contributed by atoms with Gasteiger partial charge in [-0.25, -0.2) is 9.08 Å². The van der Waals surface area contributed by atoms with Gasteiger partial charge in [0.05, 0.1) is 25.1 Å². The Labute approximate surface area is 186 Å². The highest BCUT2D eigenvalue weighted by atomic mass is 19.3. The number of aromatic nitrogens is 7. The number of hydrogen-bond acceptors (Lipinski definition) is 7. The second-order valence-electron chi connectivity index (χ2n) is 7.05. The zero-order valence-electron chi connectivity index (χ0n) is 17.1. The van der Waals surface area contributed by atoms with Gasteiger partial charge in [0, 0.05) is 5.56 Å². The first-order valence-corrected chi connectivity index (χ1v) is 9.96. The molecule has 9 nitrogen and oxygen atoms in total. The Kier molecular flexibility index (Phi) is 5.58. The Balaban J connectivity index is 1.35. The number of rotatable bonds is 8. The van der Waals surface area contributed by atoms with Crippen molar-refractivity contribution >= 4 is 5.65 Å². The highest BCUT2D eigenvalue weighted by molar-refractivity contribution is 5.61. The zero-order valence-corrected chi connectivity index (χ0v) is 17.1. The van der Waals surface area contributed by atoms with Gasteiger partial charge in [0.1, 0.15) is 18.1 Å². The highest BCUT2D eigenvalue weighted by Crippen LogP contribution is 2.25. The van der Waals surface area contributed by atoms with Crippen molar-refractivity contribution in [1.82, 2.24) is 34.6 Å². The Hall–Kier alpha value is -4.41. The molecule has 0 N–H and O–H groups in total. The first-order valence-electron chi connectivity index (χ1n) is 9.96. The van der Waals surface area contributed by atoms with Crippen molar-refractivity contribution in [2.45, 2.75) is 19.8 Å². The van der Waals surface area contributed by atoms with E-state index in [0.29, 0.717) is 35.2 Å². The summed E-state index contributed by atoms with van der Waals surface area (Å²) in [6.45, 7) is -2.12. The van der Waals surface area contributed by atoms with E-state index in [1.807, 2.05) is 36.5 Å². The average molecular weight is 449 g/mol. The van der Waals surface area contributed by atoms with E-state index in [9.17, 15) is 8.78 Å². The number of halogens is 2. The number of hydrogen-bond donors (Lipinski definition) is 0. The molecule has 3 heterocycles. The molecule has 0 unspecified atom stereocenters. The monoisotopic (exact) mass is 449 g/mol. The van der Waals surface area contributed by atoms with Crippen LogP contribution >= 0.6 is 0 Å². The molecule has 0 saturated heterocycles. The summed E-state index contributed by atoms with van der Waals surface area (Å²) in [5, 5.41) is 16.6. The molecule has 0 aliphatic carbocycles. The lowest BCUT2D eigenvalue weighted by Crippen LogP contribution is -2.03. The normalized spacial score (nSPS) is 11.2. The van der Waals surface area contributed by atoms with E-state index in [2.05, 4.69) is 30.2 Å². The van der Waals surface area contributed by atoms with Crippen molar-refractivity contribution in [3.63, 3.8) is 0 Å². The van der Waals surface area contributed by atoms with Crippen LogP contribution in [0, 0.1) is 0 Å². The number of fused-ring (bicyclic) bond motifs is 1. The molecule has 0 saturated carbocycles. The smallest absolute Gasteiger partial charge is 0.387 e. The summed E-state index contributed by atoms with van der Waals surface area (Å²) >= 11 is 0. The summed E-state index contributed by atoms with van der Waals surface area (Å²) in [7, 11) is 0. The van der Waals surface area contributed by atoms with Gasteiger partial charge in [-0.2, -0.15) is 8.78 Å². The van der Waals surface area contributed by atoms with E-state index >= 15 is 0 Å². The van der Waals surface area contributed by atoms with Crippen LogP contribution in [0.25, 0.3) is 17.0 Å². The first kappa shape index (κ1) is 20.5. The topological polar surface area (TPSA) is 92.3 Å². The fraction of sp³-hybridized carbons (Fsp3) is 0.136. The van der Waals surface area contributed by atoms with Crippen molar-refractivity contribution < 1.29 is 18.3 Å². The van der Waals surface area contributed by atoms with Crippen LogP contribution in [0.4, 0.5) is 8.78 Å². The molecule has 2 aromatic carbocycles. The molecule has 33 heavy (non-hydrogen) atoms. The molecule has 5 aromatic rings. The number of benzene rings is 2. The maximum atomic E-state index is 12.4. The van der Waals surface area contributed by atoms with Gasteiger partial charge in [0.15, 0.2) is 11.5 Å². The van der Waals surface area contributed by atoms with Gasteiger partial charge < -0.3 is 9.47 Å². The summed E-state index contributed by atoms with van der Waals surface area (Å²) in [5.74, 6) is 0.927. The van der Waals surface area contributed by atoms with E-state index in [0.717, 1.165) is 5.56 Å². The van der Waals surface area contributed by atoms with Crippen molar-refractivity contribution in [2.75, 3.05) is 0 Å². The third-order valence-electron chi connectivity index (χ3n) is 4.76. The van der Waals surface area contributed by atoms with E-state index < -0.39 is 6.61 Å². The minimum Gasteiger partial charge on any atom is -0.471 e. The standard InChI is InChI=1S/C22H17F2N7O2/c23-22(24)33-18-8-6-16(7-9-18)21-28-27-19-10-25-11-20(31(19)21)32-14-17-13-30(29-26-17)12-15-4-2-1-3-5-15/h1-11,13,22H,12,14H2. The van der Waals surface area contributed by atoms with Crippen molar-refractivity contribution in [1.29, 1.82) is 0 Å². The molecule has 0 fully saturated rings. The minimum atomic E-state index is -2.89. The van der Waals surface area contributed by atoms with Gasteiger partial charge in [-0.15, -0.1) is 15.3 Å². The summed E-state index contributed by atoms with van der Waals surface area (Å²) in [5.41, 5.74) is 2.88. The molecule has 0 aliphatic rings. The number of ether oxygens (including phenoxy) is 2. The van der Waals surface area contributed by atoms with E-state index in [1.54, 1.807) is 33.6 Å². The van der Waals surface area contributed by atoms with Crippen molar-refractivity contribution in [3.05, 3.63) is 84.4 Å². The van der Waals surface area contributed by atoms with Crippen LogP contribution in [0.15, 0.2) is 73.2 Å². The van der Waals surface area contributed by atoms with Crippen LogP contribution in [0.3, 0.4) is 0 Å². The number of nitrogens with zero attached hydrogens (tertiary/aromatic N) is 7. The molecule has 166 valence electrons. The SMILES string of the molecule is FC(F)Oc1ccc(-c2nnc3cncc(OCc4cn(Cc5ccccc5)nn4)n23)cc1. The third-order valence-corrected chi connectivity index (χ3v) is 4.76. The summed E-state index contributed by atoms with van der Waals surface area (Å²) in [4.78, 5) is 4.15. The lowest BCUT2D eigenvalue weighted by atomic mass is 10.2. The fourth-order valence-corrected chi connectivity index (χ4v) is 3.30. The summed E-state index contributed by atoms with van der Waals surface area (Å²) in [6, 6.07) is 16.1. The first-order chi connectivity index (χ1) is 16.2. The van der Waals surface area contributed by atoms with E-state index in [1.165, 1.54) is 12.1 Å². The summed E-state index contributed by atoms with van der Waals surface area (Å²) in [6.07, 6.45) is 4.91. The quantitative estimate of drug-likeness (QED) is 0.357. The molecule has 0 spiro atoms.